The van der Waals surface area contributed by atoms with Gasteiger partial charge in [-0.3, -0.25) is 9.78 Å². The van der Waals surface area contributed by atoms with Gasteiger partial charge in [0.05, 0.1) is 17.1 Å². The average molecular weight is 445 g/mol. The predicted octanol–water partition coefficient (Wildman–Crippen LogP) is 4.51. The van der Waals surface area contributed by atoms with Crippen molar-refractivity contribution < 1.29 is 31.5 Å². The minimum Gasteiger partial charge on any atom is -0.432 e. The Kier molecular flexibility index (Phi) is 7.64. The zero-order valence-corrected chi connectivity index (χ0v) is 16.9. The highest BCUT2D eigenvalue weighted by Gasteiger charge is 2.24. The fourth-order valence-corrected chi connectivity index (χ4v) is 3.66. The first-order valence-electron chi connectivity index (χ1n) is 10.1. The van der Waals surface area contributed by atoms with Crippen molar-refractivity contribution in [1.29, 1.82) is 0 Å². The van der Waals surface area contributed by atoms with E-state index in [2.05, 4.69) is 20.4 Å². The van der Waals surface area contributed by atoms with E-state index in [4.69, 9.17) is 0 Å². The predicted molar refractivity (Wildman–Crippen MR) is 105 cm³/mol. The number of ether oxygens (including phenoxy) is 1. The Bertz CT molecular complexity index is 904. The lowest BCUT2D eigenvalue weighted by atomic mass is 9.85. The van der Waals surface area contributed by atoms with E-state index in [1.807, 2.05) is 0 Å². The normalized spacial score (nSPS) is 20.3. The van der Waals surface area contributed by atoms with Crippen LogP contribution >= 0.6 is 0 Å². The van der Waals surface area contributed by atoms with E-state index in [0.717, 1.165) is 37.8 Å². The Balaban J connectivity index is 1.56. The number of halogens is 5. The number of pyridine rings is 1. The smallest absolute Gasteiger partial charge is 0.387 e. The molecule has 0 spiro atoms. The van der Waals surface area contributed by atoms with Gasteiger partial charge in [-0.1, -0.05) is 0 Å². The van der Waals surface area contributed by atoms with E-state index in [9.17, 15) is 26.7 Å². The number of nitrogens with one attached hydrogen (secondary N) is 2. The number of benzene rings is 1. The molecule has 31 heavy (non-hydrogen) atoms. The molecule has 2 N–H and O–H groups in total. The van der Waals surface area contributed by atoms with E-state index < -0.39 is 30.6 Å². The summed E-state index contributed by atoms with van der Waals surface area (Å²) >= 11 is 0. The van der Waals surface area contributed by atoms with Crippen molar-refractivity contribution >= 4 is 16.8 Å². The van der Waals surface area contributed by atoms with Crippen LogP contribution in [0.2, 0.25) is 0 Å². The second-order valence-corrected chi connectivity index (χ2v) is 7.80. The summed E-state index contributed by atoms with van der Waals surface area (Å²) in [6.45, 7) is -1.19. The van der Waals surface area contributed by atoms with Gasteiger partial charge in [-0.2, -0.15) is 8.78 Å². The summed E-state index contributed by atoms with van der Waals surface area (Å²) in [5.41, 5.74) is 0.448. The van der Waals surface area contributed by atoms with Crippen LogP contribution in [0.5, 0.6) is 5.75 Å². The Morgan fingerprint density at radius 3 is 2.52 bits per heavy atom. The summed E-state index contributed by atoms with van der Waals surface area (Å²) in [6.07, 6.45) is 1.96. The lowest BCUT2D eigenvalue weighted by Crippen LogP contribution is -2.41. The van der Waals surface area contributed by atoms with Crippen molar-refractivity contribution in [3.05, 3.63) is 35.8 Å². The Morgan fingerprint density at radius 2 is 1.87 bits per heavy atom. The quantitative estimate of drug-likeness (QED) is 0.587. The van der Waals surface area contributed by atoms with Crippen LogP contribution < -0.4 is 15.4 Å². The van der Waals surface area contributed by atoms with Gasteiger partial charge in [0.15, 0.2) is 11.6 Å². The van der Waals surface area contributed by atoms with E-state index in [1.165, 1.54) is 19.2 Å². The molecule has 1 aromatic carbocycles. The SMILES string of the molecule is C[C@@H](NC[C@H]1CC[C@H](NC(=O)c2cnc3cc(OC(F)F)c(F)cc3c2)CC1)C(F)F. The molecular weight excluding hydrogens is 421 g/mol. The Morgan fingerprint density at radius 1 is 1.16 bits per heavy atom. The summed E-state index contributed by atoms with van der Waals surface area (Å²) < 4.78 is 67.9. The van der Waals surface area contributed by atoms with Gasteiger partial charge in [0.25, 0.3) is 12.3 Å². The number of carbonyl (C=O) groups is 1. The third-order valence-electron chi connectivity index (χ3n) is 5.50. The molecule has 0 unspecified atom stereocenters. The fourth-order valence-electron chi connectivity index (χ4n) is 3.66. The van der Waals surface area contributed by atoms with Crippen molar-refractivity contribution in [2.24, 2.45) is 5.92 Å². The monoisotopic (exact) mass is 445 g/mol. The third kappa shape index (κ3) is 6.25. The number of alkyl halides is 4. The van der Waals surface area contributed by atoms with Crippen LogP contribution in [0.3, 0.4) is 0 Å². The highest BCUT2D eigenvalue weighted by molar-refractivity contribution is 5.97. The summed E-state index contributed by atoms with van der Waals surface area (Å²) in [4.78, 5) is 16.6. The zero-order chi connectivity index (χ0) is 22.5. The second-order valence-electron chi connectivity index (χ2n) is 7.80. The molecule has 1 saturated carbocycles. The highest BCUT2D eigenvalue weighted by Crippen LogP contribution is 2.27. The summed E-state index contributed by atoms with van der Waals surface area (Å²) in [5.74, 6) is -1.67. The van der Waals surface area contributed by atoms with Crippen LogP contribution in [0.25, 0.3) is 10.9 Å². The standard InChI is InChI=1S/C21H24F5N3O2/c1-11(19(23)24)27-9-12-2-4-15(5-3-12)29-20(30)14-6-13-7-16(22)18(31-21(25)26)8-17(13)28-10-14/h6-8,10-12,15,19,21,27H,2-5,9H2,1H3,(H,29,30)/t11-,12-,15-/m1/s1. The van der Waals surface area contributed by atoms with Gasteiger partial charge in [0.2, 0.25) is 0 Å². The number of hydrogen-bond acceptors (Lipinski definition) is 4. The number of nitrogens with zero attached hydrogens (tertiary/aromatic N) is 1. The van der Waals surface area contributed by atoms with Crippen LogP contribution in [-0.2, 0) is 0 Å². The molecule has 170 valence electrons. The molecule has 1 fully saturated rings. The molecule has 3 rings (SSSR count). The van der Waals surface area contributed by atoms with Crippen molar-refractivity contribution in [2.45, 2.75) is 57.7 Å². The molecule has 0 saturated heterocycles. The number of amides is 1. The zero-order valence-electron chi connectivity index (χ0n) is 16.9. The molecule has 1 amide bonds. The van der Waals surface area contributed by atoms with E-state index in [-0.39, 0.29) is 34.3 Å². The van der Waals surface area contributed by atoms with Gasteiger partial charge in [0, 0.05) is 23.7 Å². The molecule has 1 aliphatic rings. The lowest BCUT2D eigenvalue weighted by molar-refractivity contribution is -0.0520. The lowest BCUT2D eigenvalue weighted by Gasteiger charge is -2.30. The number of aromatic nitrogens is 1. The van der Waals surface area contributed by atoms with Crippen molar-refractivity contribution in [3.63, 3.8) is 0 Å². The number of rotatable bonds is 8. The first-order valence-corrected chi connectivity index (χ1v) is 10.1. The largest absolute Gasteiger partial charge is 0.432 e. The topological polar surface area (TPSA) is 63.2 Å². The molecule has 10 heteroatoms. The summed E-state index contributed by atoms with van der Waals surface area (Å²) in [5, 5.41) is 6.05. The van der Waals surface area contributed by atoms with Gasteiger partial charge < -0.3 is 15.4 Å². The first kappa shape index (κ1) is 23.2. The van der Waals surface area contributed by atoms with Gasteiger partial charge in [-0.15, -0.1) is 0 Å². The summed E-state index contributed by atoms with van der Waals surface area (Å²) in [6, 6.07) is 2.60. The van der Waals surface area contributed by atoms with Crippen LogP contribution in [-0.4, -0.2) is 42.6 Å². The summed E-state index contributed by atoms with van der Waals surface area (Å²) in [7, 11) is 0. The molecule has 0 radical (unpaired) electrons. The minimum atomic E-state index is -3.16. The number of fused-ring (bicyclic) bond motifs is 1. The van der Waals surface area contributed by atoms with E-state index in [1.54, 1.807) is 0 Å². The molecule has 1 aliphatic carbocycles. The maximum Gasteiger partial charge on any atom is 0.387 e. The van der Waals surface area contributed by atoms with Crippen LogP contribution in [0.4, 0.5) is 22.0 Å². The molecule has 5 nitrogen and oxygen atoms in total. The molecule has 0 bridgehead atoms. The van der Waals surface area contributed by atoms with Crippen LogP contribution in [0, 0.1) is 11.7 Å². The molecule has 1 aromatic heterocycles. The fraction of sp³-hybridized carbons (Fsp3) is 0.524. The first-order chi connectivity index (χ1) is 14.7. The van der Waals surface area contributed by atoms with Crippen molar-refractivity contribution in [1.82, 2.24) is 15.6 Å². The van der Waals surface area contributed by atoms with E-state index in [0.29, 0.717) is 6.54 Å². The van der Waals surface area contributed by atoms with Crippen LogP contribution in [0.15, 0.2) is 24.4 Å². The van der Waals surface area contributed by atoms with E-state index >= 15 is 0 Å². The second kappa shape index (κ2) is 10.2. The van der Waals surface area contributed by atoms with Gasteiger partial charge in [0.1, 0.15) is 0 Å². The maximum absolute atomic E-state index is 13.9. The third-order valence-corrected chi connectivity index (χ3v) is 5.50. The number of hydrogen-bond donors (Lipinski definition) is 2. The Labute approximate surface area is 176 Å². The number of carbonyl (C=O) groups excluding carboxylic acids is 1. The highest BCUT2D eigenvalue weighted by atomic mass is 19.3. The average Bonchev–Trinajstić information content (AvgIpc) is 2.72. The van der Waals surface area contributed by atoms with Crippen LogP contribution in [0.1, 0.15) is 43.0 Å². The maximum atomic E-state index is 13.9. The van der Waals surface area contributed by atoms with Crippen molar-refractivity contribution in [3.8, 4) is 5.75 Å². The minimum absolute atomic E-state index is 0.0504. The molecule has 1 atom stereocenters. The molecular formula is C21H24F5N3O2. The van der Waals surface area contributed by atoms with Gasteiger partial charge in [-0.05, 0) is 57.2 Å². The van der Waals surface area contributed by atoms with Crippen molar-refractivity contribution in [2.75, 3.05) is 6.54 Å². The molecule has 0 aliphatic heterocycles. The van der Waals surface area contributed by atoms with Gasteiger partial charge >= 0.3 is 6.61 Å². The molecule has 2 aromatic rings. The molecule has 1 heterocycles. The Hall–Kier alpha value is -2.49. The van der Waals surface area contributed by atoms with Gasteiger partial charge in [-0.25, -0.2) is 13.2 Å².